The Labute approximate surface area is 133 Å². The summed E-state index contributed by atoms with van der Waals surface area (Å²) in [5, 5.41) is 7.87. The van der Waals surface area contributed by atoms with Gasteiger partial charge >= 0.3 is 0 Å². The first-order chi connectivity index (χ1) is 10.2. The van der Waals surface area contributed by atoms with Crippen molar-refractivity contribution in [2.75, 3.05) is 20.8 Å². The number of nitrogens with one attached hydrogen (secondary N) is 1. The molecule has 0 saturated heterocycles. The van der Waals surface area contributed by atoms with E-state index in [9.17, 15) is 0 Å². The van der Waals surface area contributed by atoms with Gasteiger partial charge < -0.3 is 14.6 Å². The van der Waals surface area contributed by atoms with Crippen molar-refractivity contribution in [1.82, 2.24) is 15.5 Å². The third-order valence-corrected chi connectivity index (χ3v) is 4.10. The van der Waals surface area contributed by atoms with Crippen LogP contribution in [-0.2, 0) is 16.9 Å². The number of likely N-dealkylation sites (N-methyl/N-ethyl adjacent to an activating group) is 1. The molecule has 1 aromatic carbocycles. The normalized spacial score (nSPS) is 12.5. The quantitative estimate of drug-likeness (QED) is 0.752. The summed E-state index contributed by atoms with van der Waals surface area (Å²) >= 11 is 7.58. The molecule has 0 spiro atoms. The second kappa shape index (κ2) is 8.38. The van der Waals surface area contributed by atoms with Crippen molar-refractivity contribution < 1.29 is 9.26 Å². The fourth-order valence-electron chi connectivity index (χ4n) is 1.79. The maximum absolute atomic E-state index is 5.95. The standard InChI is InChI=1S/C14H18ClN3O2S/c1-16-11(8-19-2)7-14-17-13(18-20-14)9-21-12-5-3-4-10(15)6-12/h3-6,11,16H,7-9H2,1-2H3. The summed E-state index contributed by atoms with van der Waals surface area (Å²) in [5.74, 6) is 1.95. The van der Waals surface area contributed by atoms with Crippen LogP contribution in [0.25, 0.3) is 0 Å². The Morgan fingerprint density at radius 1 is 1.48 bits per heavy atom. The number of benzene rings is 1. The van der Waals surface area contributed by atoms with Crippen molar-refractivity contribution in [3.63, 3.8) is 0 Å². The van der Waals surface area contributed by atoms with Crippen molar-refractivity contribution in [1.29, 1.82) is 0 Å². The summed E-state index contributed by atoms with van der Waals surface area (Å²) in [6.45, 7) is 0.603. The number of aromatic nitrogens is 2. The van der Waals surface area contributed by atoms with E-state index in [0.717, 1.165) is 9.92 Å². The Balaban J connectivity index is 1.88. The predicted octanol–water partition coefficient (Wildman–Crippen LogP) is 2.79. The number of ether oxygens (including phenoxy) is 1. The Kier molecular flexibility index (Phi) is 6.50. The molecule has 0 radical (unpaired) electrons. The Morgan fingerprint density at radius 2 is 2.33 bits per heavy atom. The predicted molar refractivity (Wildman–Crippen MR) is 83.7 cm³/mol. The van der Waals surface area contributed by atoms with Gasteiger partial charge in [0.2, 0.25) is 5.89 Å². The van der Waals surface area contributed by atoms with E-state index in [2.05, 4.69) is 15.5 Å². The van der Waals surface area contributed by atoms with Crippen molar-refractivity contribution >= 4 is 23.4 Å². The molecule has 1 heterocycles. The molecule has 0 aliphatic carbocycles. The molecule has 5 nitrogen and oxygen atoms in total. The van der Waals surface area contributed by atoms with Crippen LogP contribution in [0.5, 0.6) is 0 Å². The van der Waals surface area contributed by atoms with E-state index < -0.39 is 0 Å². The van der Waals surface area contributed by atoms with Gasteiger partial charge in [-0.15, -0.1) is 11.8 Å². The zero-order valence-corrected chi connectivity index (χ0v) is 13.6. The van der Waals surface area contributed by atoms with Gasteiger partial charge in [-0.1, -0.05) is 22.8 Å². The molecule has 2 rings (SSSR count). The van der Waals surface area contributed by atoms with Crippen molar-refractivity contribution in [2.24, 2.45) is 0 Å². The SMILES string of the molecule is CNC(COC)Cc1nc(CSc2cccc(Cl)c2)no1. The summed E-state index contributed by atoms with van der Waals surface area (Å²) in [6.07, 6.45) is 0.652. The van der Waals surface area contributed by atoms with Crippen molar-refractivity contribution in [3.8, 4) is 0 Å². The molecule has 0 bridgehead atoms. The maximum Gasteiger partial charge on any atom is 0.228 e. The molecule has 7 heteroatoms. The first-order valence-corrected chi connectivity index (χ1v) is 7.93. The third kappa shape index (κ3) is 5.32. The van der Waals surface area contributed by atoms with Crippen LogP contribution in [0.1, 0.15) is 11.7 Å². The average Bonchev–Trinajstić information content (AvgIpc) is 2.92. The number of methoxy groups -OCH3 is 1. The topological polar surface area (TPSA) is 60.2 Å². The highest BCUT2D eigenvalue weighted by Gasteiger charge is 2.13. The lowest BCUT2D eigenvalue weighted by Gasteiger charge is -2.11. The highest BCUT2D eigenvalue weighted by atomic mass is 35.5. The van der Waals surface area contributed by atoms with Gasteiger partial charge in [-0.3, -0.25) is 0 Å². The largest absolute Gasteiger partial charge is 0.383 e. The highest BCUT2D eigenvalue weighted by molar-refractivity contribution is 7.98. The van der Waals surface area contributed by atoms with Gasteiger partial charge in [0.1, 0.15) is 0 Å². The molecule has 1 atom stereocenters. The number of thioether (sulfide) groups is 1. The van der Waals surface area contributed by atoms with E-state index in [4.69, 9.17) is 20.9 Å². The fourth-order valence-corrected chi connectivity index (χ4v) is 2.85. The molecule has 0 aliphatic heterocycles. The van der Waals surface area contributed by atoms with Gasteiger partial charge in [0.05, 0.1) is 12.4 Å². The molecule has 0 fully saturated rings. The first-order valence-electron chi connectivity index (χ1n) is 6.57. The second-order valence-electron chi connectivity index (χ2n) is 4.50. The highest BCUT2D eigenvalue weighted by Crippen LogP contribution is 2.24. The zero-order chi connectivity index (χ0) is 15.1. The molecule has 1 N–H and O–H groups in total. The molecule has 0 saturated carbocycles. The smallest absolute Gasteiger partial charge is 0.228 e. The molecule has 2 aromatic rings. The lowest BCUT2D eigenvalue weighted by Crippen LogP contribution is -2.32. The number of hydrogen-bond acceptors (Lipinski definition) is 6. The Bertz CT molecular complexity index is 565. The van der Waals surface area contributed by atoms with E-state index in [1.165, 1.54) is 0 Å². The van der Waals surface area contributed by atoms with E-state index >= 15 is 0 Å². The first kappa shape index (κ1) is 16.3. The fraction of sp³-hybridized carbons (Fsp3) is 0.429. The van der Waals surface area contributed by atoms with E-state index in [-0.39, 0.29) is 6.04 Å². The number of rotatable bonds is 8. The van der Waals surface area contributed by atoms with Crippen LogP contribution in [0.2, 0.25) is 5.02 Å². The van der Waals surface area contributed by atoms with Crippen LogP contribution < -0.4 is 5.32 Å². The molecule has 1 aromatic heterocycles. The van der Waals surface area contributed by atoms with E-state index in [0.29, 0.717) is 30.5 Å². The number of halogens is 1. The average molecular weight is 328 g/mol. The molecular weight excluding hydrogens is 310 g/mol. The summed E-state index contributed by atoms with van der Waals surface area (Å²) in [5.41, 5.74) is 0. The maximum atomic E-state index is 5.95. The lowest BCUT2D eigenvalue weighted by atomic mass is 10.2. The minimum atomic E-state index is 0.170. The summed E-state index contributed by atoms with van der Waals surface area (Å²) < 4.78 is 10.4. The molecule has 1 unspecified atom stereocenters. The third-order valence-electron chi connectivity index (χ3n) is 2.87. The van der Waals surface area contributed by atoms with Gasteiger partial charge in [-0.2, -0.15) is 4.98 Å². The summed E-state index contributed by atoms with van der Waals surface area (Å²) in [7, 11) is 3.56. The van der Waals surface area contributed by atoms with E-state index in [1.807, 2.05) is 31.3 Å². The van der Waals surface area contributed by atoms with E-state index in [1.54, 1.807) is 18.9 Å². The lowest BCUT2D eigenvalue weighted by molar-refractivity contribution is 0.165. The van der Waals surface area contributed by atoms with Crippen LogP contribution in [0.4, 0.5) is 0 Å². The number of hydrogen-bond donors (Lipinski definition) is 1. The van der Waals surface area contributed by atoms with Crippen LogP contribution in [-0.4, -0.2) is 36.9 Å². The Morgan fingerprint density at radius 3 is 3.05 bits per heavy atom. The Hall–Kier alpha value is -1.08. The van der Waals surface area contributed by atoms with Crippen molar-refractivity contribution in [3.05, 3.63) is 41.0 Å². The molecule has 21 heavy (non-hydrogen) atoms. The van der Waals surface area contributed by atoms with Crippen molar-refractivity contribution in [2.45, 2.75) is 23.1 Å². The molecule has 0 amide bonds. The van der Waals surface area contributed by atoms with Crippen LogP contribution in [0.15, 0.2) is 33.7 Å². The number of nitrogens with zero attached hydrogens (tertiary/aromatic N) is 2. The summed E-state index contributed by atoms with van der Waals surface area (Å²) in [6, 6.07) is 7.87. The van der Waals surface area contributed by atoms with Crippen LogP contribution in [0, 0.1) is 0 Å². The summed E-state index contributed by atoms with van der Waals surface area (Å²) in [4.78, 5) is 5.48. The molecular formula is C14H18ClN3O2S. The van der Waals surface area contributed by atoms with Gasteiger partial charge in [0.15, 0.2) is 5.82 Å². The second-order valence-corrected chi connectivity index (χ2v) is 5.98. The monoisotopic (exact) mass is 327 g/mol. The van der Waals surface area contributed by atoms with Gasteiger partial charge in [-0.25, -0.2) is 0 Å². The molecule has 0 aliphatic rings. The van der Waals surface area contributed by atoms with Gasteiger partial charge in [-0.05, 0) is 25.2 Å². The zero-order valence-electron chi connectivity index (χ0n) is 12.0. The van der Waals surface area contributed by atoms with Gasteiger partial charge in [0, 0.05) is 29.5 Å². The van der Waals surface area contributed by atoms with Gasteiger partial charge in [0.25, 0.3) is 0 Å². The van der Waals surface area contributed by atoms with Crippen LogP contribution >= 0.6 is 23.4 Å². The van der Waals surface area contributed by atoms with Crippen LogP contribution in [0.3, 0.4) is 0 Å². The molecule has 114 valence electrons. The minimum Gasteiger partial charge on any atom is -0.383 e. The minimum absolute atomic E-state index is 0.170.